The molecule has 180 valence electrons. The zero-order valence-electron chi connectivity index (χ0n) is 19.7. The van der Waals surface area contributed by atoms with Crippen LogP contribution >= 0.6 is 0 Å². The molecule has 7 nitrogen and oxygen atoms in total. The Morgan fingerprint density at radius 1 is 1.15 bits per heavy atom. The molecule has 1 aromatic carbocycles. The summed E-state index contributed by atoms with van der Waals surface area (Å²) in [5.74, 6) is -1.79. The maximum atomic E-state index is 15.7. The molecule has 3 aromatic rings. The standard InChI is InChI=1S/C25H27F2N3O4/c1-5-34-25(31)19-13-28-30(16-6-8-33-9-7-16)23(19)18-12-20(26)17(11-21(18)27)22-14(2)10-15(3)29-24(22)32-4/h10-13,16H,5-9H2,1-4H3. The minimum atomic E-state index is -0.696. The van der Waals surface area contributed by atoms with Crippen molar-refractivity contribution >= 4 is 5.97 Å². The van der Waals surface area contributed by atoms with E-state index in [0.717, 1.165) is 12.1 Å². The molecule has 9 heteroatoms. The summed E-state index contributed by atoms with van der Waals surface area (Å²) in [5.41, 5.74) is 2.02. The second kappa shape index (κ2) is 9.89. The van der Waals surface area contributed by atoms with Gasteiger partial charge in [-0.2, -0.15) is 5.10 Å². The van der Waals surface area contributed by atoms with E-state index in [1.807, 2.05) is 0 Å². The summed E-state index contributed by atoms with van der Waals surface area (Å²) in [6, 6.07) is 3.88. The average molecular weight is 472 g/mol. The Hall–Kier alpha value is -3.33. The third-order valence-electron chi connectivity index (χ3n) is 5.91. The van der Waals surface area contributed by atoms with Gasteiger partial charge < -0.3 is 14.2 Å². The van der Waals surface area contributed by atoms with Gasteiger partial charge >= 0.3 is 5.97 Å². The molecule has 0 saturated carbocycles. The fourth-order valence-electron chi connectivity index (χ4n) is 4.39. The smallest absolute Gasteiger partial charge is 0.341 e. The van der Waals surface area contributed by atoms with Crippen molar-refractivity contribution in [2.24, 2.45) is 0 Å². The van der Waals surface area contributed by atoms with E-state index in [2.05, 4.69) is 10.1 Å². The molecular weight excluding hydrogens is 444 g/mol. The maximum Gasteiger partial charge on any atom is 0.341 e. The first-order valence-electron chi connectivity index (χ1n) is 11.2. The van der Waals surface area contributed by atoms with Gasteiger partial charge in [-0.1, -0.05) is 0 Å². The molecule has 1 fully saturated rings. The first-order chi connectivity index (χ1) is 16.3. The number of carbonyl (C=O) groups excluding carboxylic acids is 1. The van der Waals surface area contributed by atoms with Crippen molar-refractivity contribution in [1.29, 1.82) is 0 Å². The first-order valence-corrected chi connectivity index (χ1v) is 11.2. The number of hydrogen-bond acceptors (Lipinski definition) is 6. The van der Waals surface area contributed by atoms with Crippen molar-refractivity contribution < 1.29 is 27.8 Å². The number of ether oxygens (including phenoxy) is 3. The molecule has 34 heavy (non-hydrogen) atoms. The zero-order chi connectivity index (χ0) is 24.4. The second-order valence-electron chi connectivity index (χ2n) is 8.19. The lowest BCUT2D eigenvalue weighted by molar-refractivity contribution is 0.0526. The van der Waals surface area contributed by atoms with Gasteiger partial charge in [-0.05, 0) is 57.4 Å². The van der Waals surface area contributed by atoms with E-state index in [1.165, 1.54) is 13.3 Å². The number of rotatable bonds is 6. The van der Waals surface area contributed by atoms with E-state index in [0.29, 0.717) is 42.9 Å². The van der Waals surface area contributed by atoms with E-state index in [-0.39, 0.29) is 40.9 Å². The molecule has 1 aliphatic rings. The molecule has 0 N–H and O–H groups in total. The molecule has 0 amide bonds. The van der Waals surface area contributed by atoms with Crippen LogP contribution in [0.5, 0.6) is 5.88 Å². The van der Waals surface area contributed by atoms with Gasteiger partial charge in [-0.15, -0.1) is 0 Å². The van der Waals surface area contributed by atoms with Crippen LogP contribution in [-0.2, 0) is 9.47 Å². The van der Waals surface area contributed by atoms with Crippen LogP contribution in [0.25, 0.3) is 22.4 Å². The highest BCUT2D eigenvalue weighted by Gasteiger charge is 2.29. The largest absolute Gasteiger partial charge is 0.481 e. The van der Waals surface area contributed by atoms with Gasteiger partial charge in [0.2, 0.25) is 5.88 Å². The predicted octanol–water partition coefficient (Wildman–Crippen LogP) is 5.04. The van der Waals surface area contributed by atoms with E-state index < -0.39 is 17.6 Å². The Morgan fingerprint density at radius 2 is 1.82 bits per heavy atom. The monoisotopic (exact) mass is 471 g/mol. The number of methoxy groups -OCH3 is 1. The quantitative estimate of drug-likeness (QED) is 0.469. The number of hydrogen-bond donors (Lipinski definition) is 0. The van der Waals surface area contributed by atoms with Crippen LogP contribution in [0.1, 0.15) is 47.4 Å². The highest BCUT2D eigenvalue weighted by molar-refractivity contribution is 5.96. The summed E-state index contributed by atoms with van der Waals surface area (Å²) in [4.78, 5) is 16.9. The minimum absolute atomic E-state index is 0.0258. The first kappa shape index (κ1) is 23.8. The average Bonchev–Trinajstić information content (AvgIpc) is 3.26. The Labute approximate surface area is 196 Å². The number of nitrogens with zero attached hydrogens (tertiary/aromatic N) is 3. The molecule has 4 rings (SSSR count). The molecule has 3 heterocycles. The fourth-order valence-corrected chi connectivity index (χ4v) is 4.39. The van der Waals surface area contributed by atoms with Gasteiger partial charge in [-0.25, -0.2) is 18.6 Å². The molecule has 2 aromatic heterocycles. The fraction of sp³-hybridized carbons (Fsp3) is 0.400. The van der Waals surface area contributed by atoms with Gasteiger partial charge in [0.1, 0.15) is 17.2 Å². The Morgan fingerprint density at radius 3 is 2.50 bits per heavy atom. The molecule has 0 atom stereocenters. The number of esters is 1. The number of aryl methyl sites for hydroxylation is 2. The molecule has 0 aliphatic carbocycles. The highest BCUT2D eigenvalue weighted by Crippen LogP contribution is 2.39. The van der Waals surface area contributed by atoms with Crippen LogP contribution in [0.2, 0.25) is 0 Å². The highest BCUT2D eigenvalue weighted by atomic mass is 19.1. The third kappa shape index (κ3) is 4.40. The molecule has 1 saturated heterocycles. The summed E-state index contributed by atoms with van der Waals surface area (Å²) in [7, 11) is 1.44. The number of benzene rings is 1. The van der Waals surface area contributed by atoms with Crippen molar-refractivity contribution in [1.82, 2.24) is 14.8 Å². The number of pyridine rings is 1. The minimum Gasteiger partial charge on any atom is -0.481 e. The van der Waals surface area contributed by atoms with Crippen LogP contribution in [-0.4, -0.2) is 47.7 Å². The van der Waals surface area contributed by atoms with Crippen molar-refractivity contribution in [3.8, 4) is 28.3 Å². The lowest BCUT2D eigenvalue weighted by atomic mass is 9.97. The molecular formula is C25H27F2N3O4. The molecule has 0 bridgehead atoms. The van der Waals surface area contributed by atoms with E-state index in [4.69, 9.17) is 14.2 Å². The van der Waals surface area contributed by atoms with E-state index >= 15 is 8.78 Å². The van der Waals surface area contributed by atoms with Gasteiger partial charge in [-0.3, -0.25) is 4.68 Å². The van der Waals surface area contributed by atoms with Crippen molar-refractivity contribution in [2.45, 2.75) is 39.7 Å². The number of carbonyl (C=O) groups is 1. The molecule has 1 aliphatic heterocycles. The summed E-state index contributed by atoms with van der Waals surface area (Å²) in [5, 5.41) is 4.36. The maximum absolute atomic E-state index is 15.7. The van der Waals surface area contributed by atoms with Gasteiger partial charge in [0.05, 0.1) is 31.6 Å². The van der Waals surface area contributed by atoms with Crippen LogP contribution in [0.3, 0.4) is 0 Å². The molecule has 0 spiro atoms. The van der Waals surface area contributed by atoms with Gasteiger partial charge in [0.15, 0.2) is 0 Å². The Balaban J connectivity index is 1.89. The van der Waals surface area contributed by atoms with Crippen molar-refractivity contribution in [3.05, 3.63) is 52.9 Å². The number of halogens is 2. The van der Waals surface area contributed by atoms with Gasteiger partial charge in [0.25, 0.3) is 0 Å². The normalized spacial score (nSPS) is 14.3. The van der Waals surface area contributed by atoms with Crippen LogP contribution in [0, 0.1) is 25.5 Å². The topological polar surface area (TPSA) is 75.5 Å². The van der Waals surface area contributed by atoms with E-state index in [1.54, 1.807) is 31.5 Å². The summed E-state index contributed by atoms with van der Waals surface area (Å²) in [6.07, 6.45) is 2.64. The van der Waals surface area contributed by atoms with Crippen LogP contribution < -0.4 is 4.74 Å². The summed E-state index contributed by atoms with van der Waals surface area (Å²) < 4.78 is 48.7. The number of aromatic nitrogens is 3. The predicted molar refractivity (Wildman–Crippen MR) is 122 cm³/mol. The lowest BCUT2D eigenvalue weighted by Gasteiger charge is -2.25. The van der Waals surface area contributed by atoms with Crippen molar-refractivity contribution in [2.75, 3.05) is 26.9 Å². The van der Waals surface area contributed by atoms with Gasteiger partial charge in [0, 0.05) is 35.6 Å². The Kier molecular flexibility index (Phi) is 6.92. The third-order valence-corrected chi connectivity index (χ3v) is 5.91. The SMILES string of the molecule is CCOC(=O)c1cnn(C2CCOCC2)c1-c1cc(F)c(-c2c(C)cc(C)nc2OC)cc1F. The Bertz CT molecular complexity index is 1220. The second-order valence-corrected chi connectivity index (χ2v) is 8.19. The zero-order valence-corrected chi connectivity index (χ0v) is 19.7. The van der Waals surface area contributed by atoms with Crippen molar-refractivity contribution in [3.63, 3.8) is 0 Å². The van der Waals surface area contributed by atoms with Crippen LogP contribution in [0.15, 0.2) is 24.4 Å². The molecule has 0 unspecified atom stereocenters. The van der Waals surface area contributed by atoms with E-state index in [9.17, 15) is 4.79 Å². The van der Waals surface area contributed by atoms with Crippen LogP contribution in [0.4, 0.5) is 8.78 Å². The molecule has 0 radical (unpaired) electrons. The lowest BCUT2D eigenvalue weighted by Crippen LogP contribution is -2.21. The summed E-state index contributed by atoms with van der Waals surface area (Å²) in [6.45, 7) is 6.46. The summed E-state index contributed by atoms with van der Waals surface area (Å²) >= 11 is 0.